The van der Waals surface area contributed by atoms with Crippen LogP contribution >= 0.6 is 11.6 Å². The minimum Gasteiger partial charge on any atom is -0.383 e. The van der Waals surface area contributed by atoms with E-state index in [1.54, 1.807) is 16.8 Å². The van der Waals surface area contributed by atoms with Gasteiger partial charge in [0.25, 0.3) is 10.0 Å². The number of halogens is 2. The topological polar surface area (TPSA) is 133 Å². The Kier molecular flexibility index (Phi) is 4.68. The van der Waals surface area contributed by atoms with Crippen molar-refractivity contribution < 1.29 is 12.8 Å². The van der Waals surface area contributed by atoms with Gasteiger partial charge in [0, 0.05) is 0 Å². The Morgan fingerprint density at radius 1 is 1.09 bits per heavy atom. The lowest BCUT2D eigenvalue weighted by atomic mass is 10.00. The van der Waals surface area contributed by atoms with E-state index >= 15 is 0 Å². The highest BCUT2D eigenvalue weighted by atomic mass is 35.5. The molecule has 5 rings (SSSR count). The van der Waals surface area contributed by atoms with Crippen LogP contribution in [0.1, 0.15) is 11.6 Å². The van der Waals surface area contributed by atoms with Crippen LogP contribution in [0.4, 0.5) is 21.8 Å². The van der Waals surface area contributed by atoms with E-state index in [1.165, 1.54) is 28.7 Å². The van der Waals surface area contributed by atoms with E-state index in [1.807, 2.05) is 12.1 Å². The Morgan fingerprint density at radius 2 is 1.88 bits per heavy atom. The second kappa shape index (κ2) is 7.31. The largest absolute Gasteiger partial charge is 0.383 e. The monoisotopic (exact) mass is 473 g/mol. The first kappa shape index (κ1) is 20.5. The van der Waals surface area contributed by atoms with Gasteiger partial charge in [0.05, 0.1) is 34.9 Å². The average molecular weight is 474 g/mol. The quantitative estimate of drug-likeness (QED) is 0.467. The zero-order chi connectivity index (χ0) is 22.6. The first-order valence-corrected chi connectivity index (χ1v) is 11.4. The number of nitrogens with zero attached hydrogens (tertiary/aromatic N) is 5. The van der Waals surface area contributed by atoms with Gasteiger partial charge in [-0.05, 0) is 30.2 Å². The van der Waals surface area contributed by atoms with Gasteiger partial charge in [0.15, 0.2) is 11.5 Å². The third-order valence-electron chi connectivity index (χ3n) is 5.42. The highest BCUT2D eigenvalue weighted by Crippen LogP contribution is 2.37. The highest BCUT2D eigenvalue weighted by molar-refractivity contribution is 7.92. The van der Waals surface area contributed by atoms with Crippen molar-refractivity contribution >= 4 is 50.1 Å². The van der Waals surface area contributed by atoms with E-state index in [9.17, 15) is 12.8 Å². The molecule has 4 N–H and O–H groups in total. The Hall–Kier alpha value is -3.44. The van der Waals surface area contributed by atoms with Crippen molar-refractivity contribution in [3.8, 4) is 0 Å². The Labute approximate surface area is 187 Å². The van der Waals surface area contributed by atoms with Gasteiger partial charge in [-0.25, -0.2) is 17.5 Å². The smallest absolute Gasteiger partial charge is 0.267 e. The molecule has 1 unspecified atom stereocenters. The minimum absolute atomic E-state index is 0.00804. The van der Waals surface area contributed by atoms with Crippen LogP contribution in [0.5, 0.6) is 0 Å². The fourth-order valence-electron chi connectivity index (χ4n) is 3.96. The van der Waals surface area contributed by atoms with Crippen LogP contribution in [-0.2, 0) is 16.4 Å². The first-order valence-electron chi connectivity index (χ1n) is 9.58. The number of aromatic nitrogens is 4. The molecule has 12 heteroatoms. The Morgan fingerprint density at radius 3 is 2.69 bits per heavy atom. The van der Waals surface area contributed by atoms with Crippen LogP contribution in [0.3, 0.4) is 0 Å². The molecule has 164 valence electrons. The summed E-state index contributed by atoms with van der Waals surface area (Å²) in [5.41, 5.74) is 13.3. The van der Waals surface area contributed by atoms with Crippen molar-refractivity contribution in [1.82, 2.24) is 19.7 Å². The number of anilines is 3. The molecule has 3 heterocycles. The molecule has 0 amide bonds. The predicted octanol–water partition coefficient (Wildman–Crippen LogP) is 2.78. The summed E-state index contributed by atoms with van der Waals surface area (Å²) in [6.45, 7) is -0.00804. The van der Waals surface area contributed by atoms with Gasteiger partial charge >= 0.3 is 0 Å². The molecule has 0 spiro atoms. The van der Waals surface area contributed by atoms with Crippen molar-refractivity contribution in [2.75, 3.05) is 22.3 Å². The third kappa shape index (κ3) is 3.12. The molecule has 1 aliphatic heterocycles. The summed E-state index contributed by atoms with van der Waals surface area (Å²) in [6, 6.07) is 10.5. The zero-order valence-electron chi connectivity index (χ0n) is 16.5. The van der Waals surface area contributed by atoms with Crippen LogP contribution in [0.15, 0.2) is 53.6 Å². The van der Waals surface area contributed by atoms with Crippen molar-refractivity contribution in [3.63, 3.8) is 0 Å². The standard InChI is InChI=1S/C20H17ClFN7O2S/c21-14-5-3-7-16(17(14)22)32(30,31)28-10-12(8-11-4-1-2-6-15(11)28)29-19-13(9-25-29)18(23)26-20(24)27-19/h1-7,9,12H,8,10H2,(H4,23,24,26,27). The summed E-state index contributed by atoms with van der Waals surface area (Å²) in [4.78, 5) is 7.68. The molecule has 0 fully saturated rings. The lowest BCUT2D eigenvalue weighted by molar-refractivity contribution is 0.455. The number of rotatable bonds is 3. The van der Waals surface area contributed by atoms with E-state index < -0.39 is 26.8 Å². The normalized spacial score (nSPS) is 16.3. The summed E-state index contributed by atoms with van der Waals surface area (Å²) in [7, 11) is -4.27. The third-order valence-corrected chi connectivity index (χ3v) is 7.51. The number of fused-ring (bicyclic) bond motifs is 2. The van der Waals surface area contributed by atoms with Gasteiger partial charge in [-0.2, -0.15) is 15.1 Å². The Balaban J connectivity index is 1.66. The van der Waals surface area contributed by atoms with Crippen molar-refractivity contribution in [2.45, 2.75) is 17.4 Å². The molecule has 1 aliphatic rings. The predicted molar refractivity (Wildman–Crippen MR) is 119 cm³/mol. The fraction of sp³-hybridized carbons (Fsp3) is 0.150. The molecule has 0 radical (unpaired) electrons. The van der Waals surface area contributed by atoms with Crippen molar-refractivity contribution in [1.29, 1.82) is 0 Å². The molecule has 2 aromatic heterocycles. The highest BCUT2D eigenvalue weighted by Gasteiger charge is 2.36. The van der Waals surface area contributed by atoms with Gasteiger partial charge in [-0.3, -0.25) is 4.31 Å². The number of nitrogens with two attached hydrogens (primary N) is 2. The zero-order valence-corrected chi connectivity index (χ0v) is 18.1. The van der Waals surface area contributed by atoms with Crippen LogP contribution in [0.2, 0.25) is 5.02 Å². The van der Waals surface area contributed by atoms with Crippen LogP contribution in [0.25, 0.3) is 11.0 Å². The second-order valence-corrected chi connectivity index (χ2v) is 9.61. The maximum absolute atomic E-state index is 14.7. The molecule has 0 bridgehead atoms. The molecule has 0 aliphatic carbocycles. The van der Waals surface area contributed by atoms with Gasteiger partial charge in [-0.15, -0.1) is 0 Å². The molecule has 2 aromatic carbocycles. The van der Waals surface area contributed by atoms with E-state index in [0.29, 0.717) is 23.1 Å². The van der Waals surface area contributed by atoms with Crippen LogP contribution in [0, 0.1) is 5.82 Å². The molecule has 4 aromatic rings. The number of hydrogen-bond donors (Lipinski definition) is 2. The lowest BCUT2D eigenvalue weighted by Crippen LogP contribution is -2.41. The van der Waals surface area contributed by atoms with Gasteiger partial charge < -0.3 is 11.5 Å². The molecule has 9 nitrogen and oxygen atoms in total. The number of para-hydroxylation sites is 1. The van der Waals surface area contributed by atoms with Gasteiger partial charge in [0.1, 0.15) is 10.7 Å². The summed E-state index contributed by atoms with van der Waals surface area (Å²) in [5, 5.41) is 4.61. The SMILES string of the molecule is Nc1nc(N)c2cnn(C3Cc4ccccc4N(S(=O)(=O)c4cccc(Cl)c4F)C3)c2n1. The molecule has 32 heavy (non-hydrogen) atoms. The van der Waals surface area contributed by atoms with E-state index in [4.69, 9.17) is 23.1 Å². The molecular formula is C20H17ClFN7O2S. The summed E-state index contributed by atoms with van der Waals surface area (Å²) in [5.74, 6) is -0.828. The molecule has 0 saturated carbocycles. The second-order valence-electron chi connectivity index (χ2n) is 7.37. The van der Waals surface area contributed by atoms with E-state index in [0.717, 1.165) is 5.56 Å². The number of nitrogen functional groups attached to an aromatic ring is 2. The van der Waals surface area contributed by atoms with Crippen molar-refractivity contribution in [3.05, 3.63) is 65.1 Å². The van der Waals surface area contributed by atoms with Crippen LogP contribution in [-0.4, -0.2) is 34.7 Å². The lowest BCUT2D eigenvalue weighted by Gasteiger charge is -2.35. The van der Waals surface area contributed by atoms with Crippen LogP contribution < -0.4 is 15.8 Å². The summed E-state index contributed by atoms with van der Waals surface area (Å²) in [6.07, 6.45) is 1.99. The average Bonchev–Trinajstić information content (AvgIpc) is 3.19. The molecule has 1 atom stereocenters. The molecular weight excluding hydrogens is 457 g/mol. The summed E-state index contributed by atoms with van der Waals surface area (Å²) < 4.78 is 44.5. The number of hydrogen-bond acceptors (Lipinski definition) is 7. The Bertz CT molecular complexity index is 1470. The maximum atomic E-state index is 14.7. The van der Waals surface area contributed by atoms with E-state index in [2.05, 4.69) is 15.1 Å². The first-order chi connectivity index (χ1) is 15.3. The van der Waals surface area contributed by atoms with E-state index in [-0.39, 0.29) is 23.3 Å². The van der Waals surface area contributed by atoms with Gasteiger partial charge in [-0.1, -0.05) is 35.9 Å². The maximum Gasteiger partial charge on any atom is 0.267 e. The van der Waals surface area contributed by atoms with Gasteiger partial charge in [0.2, 0.25) is 5.95 Å². The molecule has 0 saturated heterocycles. The number of sulfonamides is 1. The number of benzene rings is 2. The van der Waals surface area contributed by atoms with Crippen molar-refractivity contribution in [2.24, 2.45) is 0 Å². The minimum atomic E-state index is -4.27. The summed E-state index contributed by atoms with van der Waals surface area (Å²) >= 11 is 5.85. The fourth-order valence-corrected chi connectivity index (χ4v) is 5.82.